The second kappa shape index (κ2) is 5.48. The van der Waals surface area contributed by atoms with E-state index < -0.39 is 17.7 Å². The Morgan fingerprint density at radius 1 is 1.25 bits per heavy atom. The molecule has 5 nitrogen and oxygen atoms in total. The molecular formula is C14H11FN2O3. The molecule has 1 amide bonds. The van der Waals surface area contributed by atoms with Crippen LogP contribution in [0.5, 0.6) is 0 Å². The van der Waals surface area contributed by atoms with E-state index in [1.54, 1.807) is 19.1 Å². The number of nitrogens with one attached hydrogen (secondary N) is 1. The summed E-state index contributed by atoms with van der Waals surface area (Å²) in [4.78, 5) is 26.4. The molecule has 0 aliphatic carbocycles. The minimum atomic E-state index is -1.08. The van der Waals surface area contributed by atoms with Crippen LogP contribution in [-0.4, -0.2) is 22.0 Å². The van der Waals surface area contributed by atoms with Gasteiger partial charge in [-0.1, -0.05) is 6.07 Å². The number of carboxylic acids is 1. The lowest BCUT2D eigenvalue weighted by molar-refractivity contribution is 0.0695. The molecule has 0 atom stereocenters. The van der Waals surface area contributed by atoms with Gasteiger partial charge in [0.15, 0.2) is 0 Å². The Balaban J connectivity index is 2.24. The minimum Gasteiger partial charge on any atom is -0.478 e. The first-order valence-electron chi connectivity index (χ1n) is 5.73. The van der Waals surface area contributed by atoms with Gasteiger partial charge in [-0.05, 0) is 30.7 Å². The zero-order valence-corrected chi connectivity index (χ0v) is 10.6. The fourth-order valence-electron chi connectivity index (χ4n) is 1.67. The lowest BCUT2D eigenvalue weighted by Crippen LogP contribution is -2.13. The number of carbonyl (C=O) groups excluding carboxylic acids is 1. The summed E-state index contributed by atoms with van der Waals surface area (Å²) in [5.74, 6) is -2.25. The van der Waals surface area contributed by atoms with Gasteiger partial charge < -0.3 is 10.4 Å². The highest BCUT2D eigenvalue weighted by molar-refractivity contribution is 6.04. The number of nitrogens with zero attached hydrogens (tertiary/aromatic N) is 1. The summed E-state index contributed by atoms with van der Waals surface area (Å²) in [5, 5.41) is 11.5. The minimum absolute atomic E-state index is 0.0578. The average molecular weight is 274 g/mol. The molecule has 1 aromatic heterocycles. The predicted molar refractivity (Wildman–Crippen MR) is 70.3 cm³/mol. The summed E-state index contributed by atoms with van der Waals surface area (Å²) in [6.07, 6.45) is 2.22. The molecule has 2 N–H and O–H groups in total. The number of aromatic nitrogens is 1. The van der Waals surface area contributed by atoms with Crippen LogP contribution in [-0.2, 0) is 0 Å². The molecule has 20 heavy (non-hydrogen) atoms. The Hall–Kier alpha value is -2.76. The van der Waals surface area contributed by atoms with Crippen LogP contribution in [0.2, 0.25) is 0 Å². The molecule has 0 bridgehead atoms. The highest BCUT2D eigenvalue weighted by Gasteiger charge is 2.11. The quantitative estimate of drug-likeness (QED) is 0.901. The number of hydrogen-bond acceptors (Lipinski definition) is 3. The van der Waals surface area contributed by atoms with E-state index in [9.17, 15) is 14.0 Å². The van der Waals surface area contributed by atoms with Gasteiger partial charge in [0, 0.05) is 11.9 Å². The highest BCUT2D eigenvalue weighted by atomic mass is 19.1. The number of carbonyl (C=O) groups is 2. The monoisotopic (exact) mass is 274 g/mol. The number of carboxylic acid groups (broad SMARTS) is 1. The summed E-state index contributed by atoms with van der Waals surface area (Å²) in [6, 6.07) is 5.56. The van der Waals surface area contributed by atoms with Gasteiger partial charge in [-0.15, -0.1) is 0 Å². The Labute approximate surface area is 114 Å². The number of pyridine rings is 1. The predicted octanol–water partition coefficient (Wildman–Crippen LogP) is 2.48. The molecule has 2 rings (SSSR count). The molecule has 0 radical (unpaired) electrons. The average Bonchev–Trinajstić information content (AvgIpc) is 2.40. The molecule has 0 aliphatic heterocycles. The Kier molecular flexibility index (Phi) is 3.74. The molecule has 1 heterocycles. The third kappa shape index (κ3) is 2.97. The molecule has 0 unspecified atom stereocenters. The van der Waals surface area contributed by atoms with Gasteiger partial charge >= 0.3 is 5.97 Å². The van der Waals surface area contributed by atoms with Crippen LogP contribution in [0.15, 0.2) is 36.7 Å². The summed E-state index contributed by atoms with van der Waals surface area (Å²) in [7, 11) is 0. The number of aromatic carboxylic acids is 1. The summed E-state index contributed by atoms with van der Waals surface area (Å²) >= 11 is 0. The number of amides is 1. The normalized spacial score (nSPS) is 10.1. The molecule has 0 spiro atoms. The largest absolute Gasteiger partial charge is 0.478 e. The van der Waals surface area contributed by atoms with Crippen LogP contribution in [0.25, 0.3) is 0 Å². The maximum atomic E-state index is 13.0. The van der Waals surface area contributed by atoms with Crippen molar-refractivity contribution >= 4 is 17.6 Å². The number of aryl methyl sites for hydroxylation is 1. The van der Waals surface area contributed by atoms with Crippen LogP contribution in [0.3, 0.4) is 0 Å². The van der Waals surface area contributed by atoms with E-state index in [2.05, 4.69) is 10.3 Å². The van der Waals surface area contributed by atoms with Crippen molar-refractivity contribution in [2.45, 2.75) is 6.92 Å². The highest BCUT2D eigenvalue weighted by Crippen LogP contribution is 2.16. The lowest BCUT2D eigenvalue weighted by Gasteiger charge is -2.07. The zero-order valence-electron chi connectivity index (χ0n) is 10.6. The van der Waals surface area contributed by atoms with Crippen LogP contribution < -0.4 is 5.32 Å². The third-order valence-corrected chi connectivity index (χ3v) is 2.69. The van der Waals surface area contributed by atoms with Crippen molar-refractivity contribution < 1.29 is 19.1 Å². The van der Waals surface area contributed by atoms with E-state index in [1.165, 1.54) is 12.3 Å². The summed E-state index contributed by atoms with van der Waals surface area (Å²) in [6.45, 7) is 1.66. The molecule has 102 valence electrons. The van der Waals surface area contributed by atoms with Crippen molar-refractivity contribution in [3.63, 3.8) is 0 Å². The molecule has 1 aromatic carbocycles. The van der Waals surface area contributed by atoms with Gasteiger partial charge in [0.25, 0.3) is 5.91 Å². The molecule has 0 saturated heterocycles. The number of halogens is 1. The van der Waals surface area contributed by atoms with Gasteiger partial charge in [-0.2, -0.15) is 0 Å². The van der Waals surface area contributed by atoms with Crippen molar-refractivity contribution in [2.24, 2.45) is 0 Å². The SMILES string of the molecule is Cc1ccc(NC(=O)c2cncc(F)c2)cc1C(=O)O. The van der Waals surface area contributed by atoms with Crippen molar-refractivity contribution in [1.82, 2.24) is 4.98 Å². The standard InChI is InChI=1S/C14H11FN2O3/c1-8-2-3-11(5-12(8)14(19)20)17-13(18)9-4-10(15)7-16-6-9/h2-7H,1H3,(H,17,18)(H,19,20). The summed E-state index contributed by atoms with van der Waals surface area (Å²) < 4.78 is 13.0. The van der Waals surface area contributed by atoms with E-state index in [0.29, 0.717) is 11.3 Å². The van der Waals surface area contributed by atoms with E-state index in [4.69, 9.17) is 5.11 Å². The molecular weight excluding hydrogens is 263 g/mol. The second-order valence-corrected chi connectivity index (χ2v) is 4.18. The van der Waals surface area contributed by atoms with Gasteiger partial charge in [0.2, 0.25) is 0 Å². The molecule has 0 aliphatic rings. The van der Waals surface area contributed by atoms with Crippen molar-refractivity contribution in [3.8, 4) is 0 Å². The van der Waals surface area contributed by atoms with Gasteiger partial charge in [-0.3, -0.25) is 9.78 Å². The van der Waals surface area contributed by atoms with E-state index >= 15 is 0 Å². The van der Waals surface area contributed by atoms with Crippen molar-refractivity contribution in [2.75, 3.05) is 5.32 Å². The van der Waals surface area contributed by atoms with E-state index in [1.807, 2.05) is 0 Å². The van der Waals surface area contributed by atoms with Crippen LogP contribution >= 0.6 is 0 Å². The molecule has 2 aromatic rings. The Bertz CT molecular complexity index is 686. The zero-order chi connectivity index (χ0) is 14.7. The number of anilines is 1. The molecule has 0 saturated carbocycles. The maximum absolute atomic E-state index is 13.0. The smallest absolute Gasteiger partial charge is 0.336 e. The summed E-state index contributed by atoms with van der Waals surface area (Å²) in [5.41, 5.74) is 1.06. The molecule has 6 heteroatoms. The third-order valence-electron chi connectivity index (χ3n) is 2.69. The Morgan fingerprint density at radius 3 is 2.65 bits per heavy atom. The first-order chi connectivity index (χ1) is 9.47. The van der Waals surface area contributed by atoms with Crippen LogP contribution in [0.1, 0.15) is 26.3 Å². The number of benzene rings is 1. The fraction of sp³-hybridized carbons (Fsp3) is 0.0714. The van der Waals surface area contributed by atoms with Crippen molar-refractivity contribution in [1.29, 1.82) is 0 Å². The molecule has 0 fully saturated rings. The number of hydrogen-bond donors (Lipinski definition) is 2. The van der Waals surface area contributed by atoms with E-state index in [0.717, 1.165) is 12.3 Å². The maximum Gasteiger partial charge on any atom is 0.336 e. The fourth-order valence-corrected chi connectivity index (χ4v) is 1.67. The van der Waals surface area contributed by atoms with Crippen molar-refractivity contribution in [3.05, 3.63) is 59.2 Å². The topological polar surface area (TPSA) is 79.3 Å². The first-order valence-corrected chi connectivity index (χ1v) is 5.73. The van der Waals surface area contributed by atoms with Crippen LogP contribution in [0, 0.1) is 12.7 Å². The van der Waals surface area contributed by atoms with Gasteiger partial charge in [0.1, 0.15) is 5.82 Å². The number of rotatable bonds is 3. The van der Waals surface area contributed by atoms with Gasteiger partial charge in [0.05, 0.1) is 17.3 Å². The Morgan fingerprint density at radius 2 is 2.00 bits per heavy atom. The lowest BCUT2D eigenvalue weighted by atomic mass is 10.1. The second-order valence-electron chi connectivity index (χ2n) is 4.18. The van der Waals surface area contributed by atoms with Gasteiger partial charge in [-0.25, -0.2) is 9.18 Å². The van der Waals surface area contributed by atoms with Crippen LogP contribution in [0.4, 0.5) is 10.1 Å². The van der Waals surface area contributed by atoms with E-state index in [-0.39, 0.29) is 11.1 Å². The first kappa shape index (κ1) is 13.7.